The average Bonchev–Trinajstić information content (AvgIpc) is 3.29. The van der Waals surface area contributed by atoms with Crippen molar-refractivity contribution in [3.05, 3.63) is 120 Å². The van der Waals surface area contributed by atoms with Crippen molar-refractivity contribution in [2.24, 2.45) is 0 Å². The van der Waals surface area contributed by atoms with E-state index >= 15 is 0 Å². The van der Waals surface area contributed by atoms with Crippen molar-refractivity contribution in [3.8, 4) is 0 Å². The predicted molar refractivity (Wildman–Crippen MR) is 148 cm³/mol. The van der Waals surface area contributed by atoms with Crippen molar-refractivity contribution >= 4 is 45.1 Å². The first-order chi connectivity index (χ1) is 18.4. The van der Waals surface area contributed by atoms with E-state index in [-0.39, 0.29) is 27.9 Å². The second-order valence-corrected chi connectivity index (χ2v) is 11.3. The van der Waals surface area contributed by atoms with E-state index in [1.165, 1.54) is 30.5 Å². The zero-order chi connectivity index (χ0) is 26.5. The number of pyridine rings is 1. The van der Waals surface area contributed by atoms with E-state index in [1.807, 2.05) is 47.4 Å². The van der Waals surface area contributed by atoms with Crippen LogP contribution in [0.4, 0.5) is 11.5 Å². The molecule has 38 heavy (non-hydrogen) atoms. The van der Waals surface area contributed by atoms with E-state index < -0.39 is 10.0 Å². The molecule has 2 heterocycles. The molecule has 192 valence electrons. The number of anilines is 2. The van der Waals surface area contributed by atoms with E-state index in [4.69, 9.17) is 0 Å². The number of nitrogens with one attached hydrogen (secondary N) is 2. The number of benzene rings is 3. The van der Waals surface area contributed by atoms with Crippen LogP contribution in [0.3, 0.4) is 0 Å². The molecule has 1 aromatic heterocycles. The Bertz CT molecular complexity index is 1530. The number of aromatic nitrogens is 1. The molecule has 0 aliphatic carbocycles. The van der Waals surface area contributed by atoms with Crippen molar-refractivity contribution in [3.63, 3.8) is 0 Å². The minimum Gasteiger partial charge on any atom is -0.322 e. The largest absolute Gasteiger partial charge is 0.322 e. The molecule has 2 N–H and O–H groups in total. The summed E-state index contributed by atoms with van der Waals surface area (Å²) in [6.07, 6.45) is 1.50. The first-order valence-corrected chi connectivity index (χ1v) is 14.3. The Kier molecular flexibility index (Phi) is 7.43. The van der Waals surface area contributed by atoms with Gasteiger partial charge in [-0.05, 0) is 59.7 Å². The lowest BCUT2D eigenvalue weighted by atomic mass is 10.1. The van der Waals surface area contributed by atoms with Crippen LogP contribution in [-0.2, 0) is 21.4 Å². The summed E-state index contributed by atoms with van der Waals surface area (Å²) >= 11 is 1.57. The number of rotatable bonds is 8. The fraction of sp³-hybridized carbons (Fsp3) is 0.107. The van der Waals surface area contributed by atoms with Gasteiger partial charge in [-0.25, -0.2) is 13.4 Å². The van der Waals surface area contributed by atoms with Gasteiger partial charge in [-0.2, -0.15) is 0 Å². The van der Waals surface area contributed by atoms with E-state index in [2.05, 4.69) is 15.0 Å². The molecule has 1 aliphatic heterocycles. The predicted octanol–water partition coefficient (Wildman–Crippen LogP) is 4.91. The van der Waals surface area contributed by atoms with E-state index in [9.17, 15) is 18.0 Å². The van der Waals surface area contributed by atoms with E-state index in [1.54, 1.807) is 42.1 Å². The maximum Gasteiger partial charge on any atom is 0.263 e. The lowest BCUT2D eigenvalue weighted by Crippen LogP contribution is -2.27. The van der Waals surface area contributed by atoms with Gasteiger partial charge in [0.05, 0.1) is 10.6 Å². The van der Waals surface area contributed by atoms with Gasteiger partial charge in [-0.15, -0.1) is 11.8 Å². The Morgan fingerprint density at radius 1 is 0.921 bits per heavy atom. The van der Waals surface area contributed by atoms with Crippen LogP contribution < -0.4 is 10.0 Å². The molecule has 1 unspecified atom stereocenters. The SMILES string of the molecule is O=C(Nc1ccc(S(=O)(=O)Nc2ccccn2)cc1)c1ccc(C2SCC(=O)N2Cc2ccccc2)cc1. The Hall–Kier alpha value is -4.15. The van der Waals surface area contributed by atoms with E-state index in [0.717, 1.165) is 11.1 Å². The van der Waals surface area contributed by atoms with Gasteiger partial charge in [0.15, 0.2) is 0 Å². The van der Waals surface area contributed by atoms with Gasteiger partial charge < -0.3 is 10.2 Å². The highest BCUT2D eigenvalue weighted by molar-refractivity contribution is 8.00. The molecule has 1 aliphatic rings. The maximum absolute atomic E-state index is 12.8. The second-order valence-electron chi connectivity index (χ2n) is 8.59. The van der Waals surface area contributed by atoms with Crippen molar-refractivity contribution in [1.29, 1.82) is 0 Å². The minimum absolute atomic E-state index is 0.0502. The average molecular weight is 545 g/mol. The molecule has 0 radical (unpaired) electrons. The standard InChI is InChI=1S/C28H24N4O4S2/c33-26-19-37-28(32(26)18-20-6-2-1-3-7-20)22-11-9-21(10-12-22)27(34)30-23-13-15-24(16-14-23)38(35,36)31-25-8-4-5-17-29-25/h1-17,28H,18-19H2,(H,29,31)(H,30,34). The molecular formula is C28H24N4O4S2. The van der Waals surface area contributed by atoms with Crippen LogP contribution in [0.1, 0.15) is 26.9 Å². The van der Waals surface area contributed by atoms with Crippen LogP contribution in [0.25, 0.3) is 0 Å². The summed E-state index contributed by atoms with van der Waals surface area (Å²) in [5.74, 6) is 0.404. The van der Waals surface area contributed by atoms with Crippen LogP contribution in [-0.4, -0.2) is 35.9 Å². The lowest BCUT2D eigenvalue weighted by Gasteiger charge is -2.24. The number of sulfonamides is 1. The quantitative estimate of drug-likeness (QED) is 0.326. The molecule has 0 bridgehead atoms. The molecule has 3 aromatic carbocycles. The third kappa shape index (κ3) is 5.87. The van der Waals surface area contributed by atoms with Crippen molar-refractivity contribution in [2.75, 3.05) is 15.8 Å². The van der Waals surface area contributed by atoms with Crippen LogP contribution in [0.2, 0.25) is 0 Å². The van der Waals surface area contributed by atoms with Gasteiger partial charge in [0, 0.05) is 24.0 Å². The minimum atomic E-state index is -3.81. The Morgan fingerprint density at radius 2 is 1.63 bits per heavy atom. The fourth-order valence-corrected chi connectivity index (χ4v) is 6.22. The van der Waals surface area contributed by atoms with Crippen LogP contribution >= 0.6 is 11.8 Å². The Morgan fingerprint density at radius 3 is 2.32 bits per heavy atom. The first kappa shape index (κ1) is 25.5. The number of carbonyl (C=O) groups is 2. The summed E-state index contributed by atoms with van der Waals surface area (Å²) in [4.78, 5) is 31.2. The van der Waals surface area contributed by atoms with Gasteiger partial charge in [-0.1, -0.05) is 48.5 Å². The van der Waals surface area contributed by atoms with Gasteiger partial charge in [-0.3, -0.25) is 14.3 Å². The van der Waals surface area contributed by atoms with Gasteiger partial charge in [0.2, 0.25) is 5.91 Å². The molecular weight excluding hydrogens is 520 g/mol. The molecule has 0 saturated carbocycles. The van der Waals surface area contributed by atoms with Crippen LogP contribution in [0, 0.1) is 0 Å². The number of carbonyl (C=O) groups excluding carboxylic acids is 2. The second kappa shape index (κ2) is 11.1. The van der Waals surface area contributed by atoms with Gasteiger partial charge in [0.25, 0.3) is 15.9 Å². The molecule has 8 nitrogen and oxygen atoms in total. The Labute approximate surface area is 225 Å². The molecule has 10 heteroatoms. The number of hydrogen-bond acceptors (Lipinski definition) is 6. The van der Waals surface area contributed by atoms with Gasteiger partial charge in [0.1, 0.15) is 11.2 Å². The molecule has 4 aromatic rings. The third-order valence-electron chi connectivity index (χ3n) is 5.95. The number of hydrogen-bond donors (Lipinski definition) is 2. The summed E-state index contributed by atoms with van der Waals surface area (Å²) in [5.41, 5.74) is 2.92. The van der Waals surface area contributed by atoms with Crippen LogP contribution in [0.5, 0.6) is 0 Å². The highest BCUT2D eigenvalue weighted by atomic mass is 32.2. The summed E-state index contributed by atoms with van der Waals surface area (Å²) in [7, 11) is -3.81. The highest BCUT2D eigenvalue weighted by Gasteiger charge is 2.32. The summed E-state index contributed by atoms with van der Waals surface area (Å²) < 4.78 is 27.6. The maximum atomic E-state index is 12.8. The number of thioether (sulfide) groups is 1. The zero-order valence-electron chi connectivity index (χ0n) is 20.2. The summed E-state index contributed by atoms with van der Waals surface area (Å²) in [6.45, 7) is 0.530. The van der Waals surface area contributed by atoms with Crippen molar-refractivity contribution < 1.29 is 18.0 Å². The number of amides is 2. The van der Waals surface area contributed by atoms with Crippen molar-refractivity contribution in [2.45, 2.75) is 16.8 Å². The zero-order valence-corrected chi connectivity index (χ0v) is 21.8. The van der Waals surface area contributed by atoms with Gasteiger partial charge >= 0.3 is 0 Å². The molecule has 1 atom stereocenters. The summed E-state index contributed by atoms with van der Waals surface area (Å²) in [6, 6.07) is 27.9. The molecule has 2 amide bonds. The summed E-state index contributed by atoms with van der Waals surface area (Å²) in [5, 5.41) is 2.67. The molecule has 5 rings (SSSR count). The lowest BCUT2D eigenvalue weighted by molar-refractivity contribution is -0.128. The highest BCUT2D eigenvalue weighted by Crippen LogP contribution is 2.39. The number of nitrogens with zero attached hydrogens (tertiary/aromatic N) is 2. The topological polar surface area (TPSA) is 108 Å². The molecule has 0 spiro atoms. The van der Waals surface area contributed by atoms with Crippen LogP contribution in [0.15, 0.2) is 108 Å². The molecule has 1 fully saturated rings. The fourth-order valence-electron chi connectivity index (χ4n) is 4.02. The smallest absolute Gasteiger partial charge is 0.263 e. The monoisotopic (exact) mass is 544 g/mol. The van der Waals surface area contributed by atoms with E-state index in [0.29, 0.717) is 23.5 Å². The van der Waals surface area contributed by atoms with Crippen molar-refractivity contribution in [1.82, 2.24) is 9.88 Å². The third-order valence-corrected chi connectivity index (χ3v) is 8.57. The first-order valence-electron chi connectivity index (χ1n) is 11.8. The Balaban J connectivity index is 1.23. The normalized spacial score (nSPS) is 15.3. The molecule has 1 saturated heterocycles.